The fourth-order valence-corrected chi connectivity index (χ4v) is 3.74. The average Bonchev–Trinajstić information content (AvgIpc) is 3.47. The van der Waals surface area contributed by atoms with Gasteiger partial charge in [0.05, 0.1) is 18.9 Å². The number of rotatable bonds is 5. The second kappa shape index (κ2) is 6.74. The van der Waals surface area contributed by atoms with Crippen molar-refractivity contribution in [1.82, 2.24) is 19.7 Å². The number of nitrogens with one attached hydrogen (secondary N) is 1. The summed E-state index contributed by atoms with van der Waals surface area (Å²) >= 11 is 0. The molecule has 7 nitrogen and oxygen atoms in total. The number of methoxy groups -OCH3 is 1. The zero-order chi connectivity index (χ0) is 19.1. The van der Waals surface area contributed by atoms with Gasteiger partial charge in [-0.2, -0.15) is 5.10 Å². The Morgan fingerprint density at radius 3 is 2.71 bits per heavy atom. The van der Waals surface area contributed by atoms with Crippen LogP contribution in [-0.4, -0.2) is 32.8 Å². The largest absolute Gasteiger partial charge is 0.496 e. The number of fused-ring (bicyclic) bond motifs is 1. The summed E-state index contributed by atoms with van der Waals surface area (Å²) in [7, 11) is 1.63. The molecule has 28 heavy (non-hydrogen) atoms. The molecule has 142 valence electrons. The number of hydrogen-bond donors (Lipinski definition) is 1. The van der Waals surface area contributed by atoms with Crippen molar-refractivity contribution in [3.8, 4) is 17.1 Å². The van der Waals surface area contributed by atoms with Crippen molar-refractivity contribution in [3.05, 3.63) is 54.0 Å². The van der Waals surface area contributed by atoms with Gasteiger partial charge in [0.15, 0.2) is 5.82 Å². The van der Waals surface area contributed by atoms with Crippen LogP contribution in [0.25, 0.3) is 11.4 Å². The third kappa shape index (κ3) is 3.02. The molecule has 7 heteroatoms. The molecule has 0 unspecified atom stereocenters. The van der Waals surface area contributed by atoms with Gasteiger partial charge in [0.25, 0.3) is 0 Å². The highest BCUT2D eigenvalue weighted by atomic mass is 16.5. The standard InChI is InChI=1S/C21H21N5O2/c1-28-18-5-3-2-4-15(18)20-22-9-14(10-23-20)16-8-19(27)25-21-17(16)11-24-26(21)12-13-6-7-13/h2-5,9-11,13,16H,6-8,12H2,1H3,(H,25,27)/t16-/m1/s1. The highest BCUT2D eigenvalue weighted by Crippen LogP contribution is 2.39. The first kappa shape index (κ1) is 16.9. The molecule has 1 saturated carbocycles. The molecule has 1 amide bonds. The first-order valence-electron chi connectivity index (χ1n) is 9.54. The molecule has 2 aromatic heterocycles. The molecule has 1 fully saturated rings. The Balaban J connectivity index is 1.47. The first-order valence-corrected chi connectivity index (χ1v) is 9.54. The monoisotopic (exact) mass is 375 g/mol. The van der Waals surface area contributed by atoms with E-state index in [0.717, 1.165) is 34.8 Å². The number of para-hydroxylation sites is 1. The summed E-state index contributed by atoms with van der Waals surface area (Å²) < 4.78 is 7.33. The lowest BCUT2D eigenvalue weighted by Crippen LogP contribution is -2.25. The van der Waals surface area contributed by atoms with Crippen molar-refractivity contribution in [3.63, 3.8) is 0 Å². The lowest BCUT2D eigenvalue weighted by Gasteiger charge is -2.23. The SMILES string of the molecule is COc1ccccc1-c1ncc([C@H]2CC(=O)Nc3c2cnn3CC2CC2)cn1. The minimum Gasteiger partial charge on any atom is -0.496 e. The number of amides is 1. The summed E-state index contributed by atoms with van der Waals surface area (Å²) in [6, 6.07) is 7.67. The topological polar surface area (TPSA) is 81.9 Å². The zero-order valence-electron chi connectivity index (χ0n) is 15.6. The third-order valence-electron chi connectivity index (χ3n) is 5.44. The quantitative estimate of drug-likeness (QED) is 0.740. The predicted molar refractivity (Wildman–Crippen MR) is 104 cm³/mol. The molecule has 0 radical (unpaired) electrons. The van der Waals surface area contributed by atoms with E-state index in [0.29, 0.717) is 18.2 Å². The molecule has 5 rings (SSSR count). The van der Waals surface area contributed by atoms with Gasteiger partial charge in [-0.05, 0) is 36.5 Å². The Morgan fingerprint density at radius 2 is 1.96 bits per heavy atom. The molecule has 1 atom stereocenters. The maximum atomic E-state index is 12.3. The van der Waals surface area contributed by atoms with Crippen molar-refractivity contribution < 1.29 is 9.53 Å². The second-order valence-electron chi connectivity index (χ2n) is 7.42. The number of hydrogen-bond acceptors (Lipinski definition) is 5. The Hall–Kier alpha value is -3.22. The fraction of sp³-hybridized carbons (Fsp3) is 0.333. The van der Waals surface area contributed by atoms with E-state index in [1.807, 2.05) is 35.1 Å². The molecule has 3 aromatic rings. The van der Waals surface area contributed by atoms with Crippen molar-refractivity contribution in [2.24, 2.45) is 5.92 Å². The summed E-state index contributed by atoms with van der Waals surface area (Å²) in [5.74, 6) is 2.76. The van der Waals surface area contributed by atoms with E-state index in [9.17, 15) is 4.79 Å². The van der Waals surface area contributed by atoms with Crippen molar-refractivity contribution in [1.29, 1.82) is 0 Å². The van der Waals surface area contributed by atoms with E-state index in [4.69, 9.17) is 4.74 Å². The molecule has 2 aliphatic rings. The van der Waals surface area contributed by atoms with Gasteiger partial charge in [-0.3, -0.25) is 4.79 Å². The minimum absolute atomic E-state index is 0.00357. The van der Waals surface area contributed by atoms with Crippen LogP contribution in [0.3, 0.4) is 0 Å². The maximum Gasteiger partial charge on any atom is 0.226 e. The van der Waals surface area contributed by atoms with Gasteiger partial charge in [-0.15, -0.1) is 0 Å². The highest BCUT2D eigenvalue weighted by Gasteiger charge is 2.32. The summed E-state index contributed by atoms with van der Waals surface area (Å²) in [6.45, 7) is 0.867. The van der Waals surface area contributed by atoms with Gasteiger partial charge in [-0.1, -0.05) is 12.1 Å². The van der Waals surface area contributed by atoms with Crippen molar-refractivity contribution >= 4 is 11.7 Å². The van der Waals surface area contributed by atoms with Crippen LogP contribution in [-0.2, 0) is 11.3 Å². The van der Waals surface area contributed by atoms with Gasteiger partial charge in [0.1, 0.15) is 11.6 Å². The van der Waals surface area contributed by atoms with Crippen molar-refractivity contribution in [2.75, 3.05) is 12.4 Å². The van der Waals surface area contributed by atoms with E-state index in [1.165, 1.54) is 12.8 Å². The molecule has 0 bridgehead atoms. The van der Waals surface area contributed by atoms with Crippen LogP contribution in [0.2, 0.25) is 0 Å². The van der Waals surface area contributed by atoms with Crippen LogP contribution in [0, 0.1) is 5.92 Å². The fourth-order valence-electron chi connectivity index (χ4n) is 3.74. The lowest BCUT2D eigenvalue weighted by atomic mass is 9.89. The summed E-state index contributed by atoms with van der Waals surface area (Å²) in [4.78, 5) is 21.4. The van der Waals surface area contributed by atoms with Gasteiger partial charge in [-0.25, -0.2) is 14.6 Å². The van der Waals surface area contributed by atoms with E-state index in [1.54, 1.807) is 19.5 Å². The van der Waals surface area contributed by atoms with Gasteiger partial charge < -0.3 is 10.1 Å². The first-order chi connectivity index (χ1) is 13.7. The molecule has 1 N–H and O–H groups in total. The van der Waals surface area contributed by atoms with Gasteiger partial charge in [0.2, 0.25) is 5.91 Å². The average molecular weight is 375 g/mol. The van der Waals surface area contributed by atoms with E-state index >= 15 is 0 Å². The van der Waals surface area contributed by atoms with E-state index in [2.05, 4.69) is 20.4 Å². The maximum absolute atomic E-state index is 12.3. The molecular weight excluding hydrogens is 354 g/mol. The Labute approximate surface area is 162 Å². The van der Waals surface area contributed by atoms with Crippen LogP contribution < -0.4 is 10.1 Å². The number of aromatic nitrogens is 4. The number of carbonyl (C=O) groups is 1. The molecular formula is C21H21N5O2. The molecule has 1 aromatic carbocycles. The molecule has 0 spiro atoms. The van der Waals surface area contributed by atoms with Gasteiger partial charge >= 0.3 is 0 Å². The Bertz CT molecular complexity index is 1020. The van der Waals surface area contributed by atoms with Gasteiger partial charge in [0, 0.05) is 36.8 Å². The lowest BCUT2D eigenvalue weighted by molar-refractivity contribution is -0.116. The number of carbonyl (C=O) groups excluding carboxylic acids is 1. The molecule has 1 aliphatic carbocycles. The van der Waals surface area contributed by atoms with E-state index in [-0.39, 0.29) is 11.8 Å². The third-order valence-corrected chi connectivity index (χ3v) is 5.44. The predicted octanol–water partition coefficient (Wildman–Crippen LogP) is 3.23. The van der Waals surface area contributed by atoms with Crippen LogP contribution in [0.5, 0.6) is 5.75 Å². The number of nitrogens with zero attached hydrogens (tertiary/aromatic N) is 4. The number of ether oxygens (including phenoxy) is 1. The number of anilines is 1. The summed E-state index contributed by atoms with van der Waals surface area (Å²) in [5.41, 5.74) is 2.80. The minimum atomic E-state index is -0.0802. The molecule has 1 aliphatic heterocycles. The van der Waals surface area contributed by atoms with Crippen LogP contribution in [0.4, 0.5) is 5.82 Å². The number of benzene rings is 1. The smallest absolute Gasteiger partial charge is 0.226 e. The highest BCUT2D eigenvalue weighted by molar-refractivity contribution is 5.94. The van der Waals surface area contributed by atoms with Crippen LogP contribution in [0.1, 0.15) is 36.3 Å². The van der Waals surface area contributed by atoms with E-state index < -0.39 is 0 Å². The van der Waals surface area contributed by atoms with Crippen LogP contribution in [0.15, 0.2) is 42.9 Å². The summed E-state index contributed by atoms with van der Waals surface area (Å²) in [6.07, 6.45) is 8.34. The Kier molecular flexibility index (Phi) is 4.07. The Morgan fingerprint density at radius 1 is 1.18 bits per heavy atom. The summed E-state index contributed by atoms with van der Waals surface area (Å²) in [5, 5.41) is 7.52. The zero-order valence-corrected chi connectivity index (χ0v) is 15.6. The normalized spacial score (nSPS) is 18.5. The van der Waals surface area contributed by atoms with Crippen LogP contribution >= 0.6 is 0 Å². The van der Waals surface area contributed by atoms with Crippen molar-refractivity contribution in [2.45, 2.75) is 31.7 Å². The molecule has 0 saturated heterocycles. The second-order valence-corrected chi connectivity index (χ2v) is 7.42. The molecule has 3 heterocycles.